The number of nitrogens with two attached hydrogens (primary N) is 1. The smallest absolute Gasteiger partial charge is 0.464 e. The van der Waals surface area contributed by atoms with E-state index in [1.165, 1.54) is 30.5 Å². The maximum Gasteiger partial charge on any atom is 0.573 e. The molecule has 49 heavy (non-hydrogen) atoms. The van der Waals surface area contributed by atoms with Crippen molar-refractivity contribution in [1.82, 2.24) is 10.3 Å². The predicted molar refractivity (Wildman–Crippen MR) is 158 cm³/mol. The van der Waals surface area contributed by atoms with Gasteiger partial charge in [-0.25, -0.2) is 8.78 Å². The minimum atomic E-state index is -4.91. The molecule has 3 N–H and O–H groups in total. The van der Waals surface area contributed by atoms with Crippen molar-refractivity contribution in [3.63, 3.8) is 0 Å². The zero-order valence-corrected chi connectivity index (χ0v) is 25.8. The van der Waals surface area contributed by atoms with Gasteiger partial charge < -0.3 is 25.3 Å². The van der Waals surface area contributed by atoms with Crippen LogP contribution in [0.25, 0.3) is 0 Å². The average Bonchev–Trinajstić information content (AvgIpc) is 3.03. The number of benzene rings is 2. The number of esters is 1. The van der Waals surface area contributed by atoms with Crippen LogP contribution in [-0.4, -0.2) is 67.2 Å². The van der Waals surface area contributed by atoms with Gasteiger partial charge in [0.25, 0.3) is 0 Å². The van der Waals surface area contributed by atoms with Gasteiger partial charge in [0.2, 0.25) is 0 Å². The molecule has 0 unspecified atom stereocenters. The van der Waals surface area contributed by atoms with Crippen molar-refractivity contribution in [2.45, 2.75) is 68.7 Å². The van der Waals surface area contributed by atoms with Crippen LogP contribution >= 0.6 is 0 Å². The van der Waals surface area contributed by atoms with Crippen molar-refractivity contribution in [2.24, 2.45) is 5.73 Å². The predicted octanol–water partition coefficient (Wildman–Crippen LogP) is 5.70. The number of halogens is 8. The molecule has 0 saturated carbocycles. The summed E-state index contributed by atoms with van der Waals surface area (Å²) in [6.07, 6.45) is -9.39. The number of hydrogen-bond acceptors (Lipinski definition) is 8. The molecule has 0 spiro atoms. The molecule has 1 saturated heterocycles. The van der Waals surface area contributed by atoms with E-state index >= 15 is 4.39 Å². The van der Waals surface area contributed by atoms with Crippen molar-refractivity contribution in [1.29, 1.82) is 0 Å². The molecule has 1 aliphatic rings. The maximum atomic E-state index is 15.0. The summed E-state index contributed by atoms with van der Waals surface area (Å²) in [5.41, 5.74) is 7.68. The molecule has 266 valence electrons. The monoisotopic (exact) mass is 703 g/mol. The third-order valence-electron chi connectivity index (χ3n) is 7.83. The van der Waals surface area contributed by atoms with Crippen molar-refractivity contribution in [3.8, 4) is 5.75 Å². The molecule has 4 atom stereocenters. The van der Waals surface area contributed by atoms with E-state index in [4.69, 9.17) is 15.2 Å². The normalized spacial score (nSPS) is 18.1. The quantitative estimate of drug-likeness (QED) is 0.163. The maximum absolute atomic E-state index is 15.0. The fourth-order valence-electron chi connectivity index (χ4n) is 5.36. The third kappa shape index (κ3) is 11.7. The van der Waals surface area contributed by atoms with E-state index in [1.54, 1.807) is 0 Å². The lowest BCUT2D eigenvalue weighted by Crippen LogP contribution is -2.49. The summed E-state index contributed by atoms with van der Waals surface area (Å²) in [6, 6.07) is 8.18. The van der Waals surface area contributed by atoms with Gasteiger partial charge in [-0.2, -0.15) is 13.2 Å². The topological polar surface area (TPSA) is 113 Å². The molecule has 1 aliphatic heterocycles. The summed E-state index contributed by atoms with van der Waals surface area (Å²) >= 11 is 0. The number of morpholine rings is 1. The second kappa shape index (κ2) is 16.5. The summed E-state index contributed by atoms with van der Waals surface area (Å²) in [5, 5.41) is 3.08. The molecule has 3 aromatic rings. The van der Waals surface area contributed by atoms with Gasteiger partial charge in [-0.3, -0.25) is 14.6 Å². The Labute approximate surface area is 275 Å². The molecular weight excluding hydrogens is 670 g/mol. The number of carbonyl (C=O) groups is 2. The Bertz CT molecular complexity index is 1540. The number of Topliss-reactive ketones (excluding diaryl/α,β-unsaturated/α-hetero) is 1. The fraction of sp³-hybridized carbons (Fsp3) is 0.424. The minimum absolute atomic E-state index is 0.0876. The average molecular weight is 704 g/mol. The van der Waals surface area contributed by atoms with Crippen LogP contribution in [0.15, 0.2) is 60.9 Å². The molecule has 2 heterocycles. The molecule has 16 heteroatoms. The molecule has 1 fully saturated rings. The number of ether oxygens (including phenoxy) is 3. The van der Waals surface area contributed by atoms with Crippen LogP contribution in [0.4, 0.5) is 35.1 Å². The lowest BCUT2D eigenvalue weighted by atomic mass is 9.82. The minimum Gasteiger partial charge on any atom is -0.464 e. The highest BCUT2D eigenvalue weighted by molar-refractivity contribution is 5.87. The number of pyridine rings is 1. The largest absolute Gasteiger partial charge is 0.573 e. The van der Waals surface area contributed by atoms with E-state index in [-0.39, 0.29) is 43.7 Å². The number of nitrogens with one attached hydrogen (secondary N) is 1. The van der Waals surface area contributed by atoms with Crippen LogP contribution in [0, 0.1) is 11.6 Å². The van der Waals surface area contributed by atoms with Crippen LogP contribution in [0.1, 0.15) is 47.4 Å². The molecule has 0 amide bonds. The highest BCUT2D eigenvalue weighted by Crippen LogP contribution is 2.32. The zero-order chi connectivity index (χ0) is 35.8. The van der Waals surface area contributed by atoms with Crippen LogP contribution in [0.3, 0.4) is 0 Å². The summed E-state index contributed by atoms with van der Waals surface area (Å²) in [4.78, 5) is 29.0. The second-order valence-electron chi connectivity index (χ2n) is 11.5. The van der Waals surface area contributed by atoms with Crippen molar-refractivity contribution in [2.75, 3.05) is 19.8 Å². The number of rotatable bonds is 14. The highest BCUT2D eigenvalue weighted by atomic mass is 19.4. The summed E-state index contributed by atoms with van der Waals surface area (Å²) in [5.74, 6) is -4.13. The zero-order valence-electron chi connectivity index (χ0n) is 25.8. The van der Waals surface area contributed by atoms with E-state index in [2.05, 4.69) is 15.0 Å². The van der Waals surface area contributed by atoms with E-state index in [1.807, 2.05) is 0 Å². The van der Waals surface area contributed by atoms with Gasteiger partial charge in [0.15, 0.2) is 5.78 Å². The number of ketones is 1. The molecule has 0 radical (unpaired) electrons. The van der Waals surface area contributed by atoms with Gasteiger partial charge in [0.1, 0.15) is 24.0 Å². The van der Waals surface area contributed by atoms with E-state index in [0.717, 1.165) is 30.5 Å². The Kier molecular flexibility index (Phi) is 12.7. The first-order valence-electron chi connectivity index (χ1n) is 15.2. The van der Waals surface area contributed by atoms with Gasteiger partial charge in [0.05, 0.1) is 43.8 Å². The van der Waals surface area contributed by atoms with Crippen LogP contribution < -0.4 is 15.8 Å². The van der Waals surface area contributed by atoms with Crippen molar-refractivity contribution in [3.05, 3.63) is 94.8 Å². The van der Waals surface area contributed by atoms with E-state index in [0.29, 0.717) is 17.5 Å². The number of carbonyl (C=O) groups excluding carboxylic acids is 2. The number of hydrogen-bond donors (Lipinski definition) is 2. The third-order valence-corrected chi connectivity index (χ3v) is 7.83. The summed E-state index contributed by atoms with van der Waals surface area (Å²) < 4.78 is 118. The van der Waals surface area contributed by atoms with Crippen LogP contribution in [0.5, 0.6) is 5.75 Å². The highest BCUT2D eigenvalue weighted by Gasteiger charge is 2.33. The Morgan fingerprint density at radius 2 is 1.63 bits per heavy atom. The lowest BCUT2D eigenvalue weighted by Gasteiger charge is -2.30. The molecular formula is C33H33F8N3O5. The van der Waals surface area contributed by atoms with E-state index < -0.39 is 78.6 Å². The molecule has 2 aromatic carbocycles. The fourth-order valence-corrected chi connectivity index (χ4v) is 5.36. The van der Waals surface area contributed by atoms with Gasteiger partial charge in [-0.15, -0.1) is 13.2 Å². The van der Waals surface area contributed by atoms with Gasteiger partial charge in [-0.1, -0.05) is 24.3 Å². The van der Waals surface area contributed by atoms with Gasteiger partial charge in [0, 0.05) is 25.1 Å². The van der Waals surface area contributed by atoms with Crippen LogP contribution in [-0.2, 0) is 31.9 Å². The summed E-state index contributed by atoms with van der Waals surface area (Å²) in [6.45, 7) is 0.187. The number of alkyl halides is 6. The molecule has 8 nitrogen and oxygen atoms in total. The SMILES string of the molecule is N[C@H](C(=O)Cc1cncc(F)c1CC[C@@H]1CN[C@H](COC(=O)CCC(F)(F)F)CO1)[C@H](c1ccc(F)cc1)c1ccc(OC(F)(F)F)cc1. The Morgan fingerprint density at radius 3 is 2.22 bits per heavy atom. The number of nitrogens with zero attached hydrogens (tertiary/aromatic N) is 1. The first-order valence-corrected chi connectivity index (χ1v) is 15.2. The van der Waals surface area contributed by atoms with Crippen molar-refractivity contribution >= 4 is 11.8 Å². The molecule has 1 aromatic heterocycles. The van der Waals surface area contributed by atoms with Gasteiger partial charge in [-0.05, 0) is 59.4 Å². The van der Waals surface area contributed by atoms with Gasteiger partial charge >= 0.3 is 18.5 Å². The van der Waals surface area contributed by atoms with Crippen LogP contribution in [0.2, 0.25) is 0 Å². The second-order valence-corrected chi connectivity index (χ2v) is 11.5. The molecule has 0 bridgehead atoms. The Morgan fingerprint density at radius 1 is 0.980 bits per heavy atom. The standard InChI is InChI=1S/C33H33F8N3O5/c34-22-5-1-19(2-6-22)30(20-3-7-24(8-4-20)49-33(39,40)41)31(42)28(45)13-21-14-43-16-27(35)26(21)10-9-25-15-44-23(17-47-25)18-48-29(46)11-12-32(36,37)38/h1-8,14,16,23,25,30-31,44H,9-13,15,17-18,42H2/t23-,25+,30+,31+/m0/s1. The lowest BCUT2D eigenvalue weighted by molar-refractivity contribution is -0.274. The molecule has 0 aliphatic carbocycles. The number of aromatic nitrogens is 1. The Hall–Kier alpha value is -4.15. The van der Waals surface area contributed by atoms with E-state index in [9.17, 15) is 40.3 Å². The first-order chi connectivity index (χ1) is 23.1. The molecule has 4 rings (SSSR count). The Balaban J connectivity index is 1.38. The first kappa shape index (κ1) is 37.7. The van der Waals surface area contributed by atoms with Crippen molar-refractivity contribution < 1.29 is 58.9 Å². The summed E-state index contributed by atoms with van der Waals surface area (Å²) in [7, 11) is 0.